The molecular weight excluding hydrogens is 248 g/mol. The maximum Gasteiger partial charge on any atom is 0.312 e. The summed E-state index contributed by atoms with van der Waals surface area (Å²) in [6.07, 6.45) is 1.44. The molecule has 0 atom stereocenters. The fourth-order valence-electron chi connectivity index (χ4n) is 2.08. The summed E-state index contributed by atoms with van der Waals surface area (Å²) in [5.41, 5.74) is 0. The van der Waals surface area contributed by atoms with E-state index in [-0.39, 0.29) is 12.3 Å². The van der Waals surface area contributed by atoms with Crippen molar-refractivity contribution in [2.24, 2.45) is 0 Å². The maximum atomic E-state index is 11.9. The Labute approximate surface area is 111 Å². The molecule has 0 saturated carbocycles. The first-order valence-corrected chi connectivity index (χ1v) is 6.27. The maximum absolute atomic E-state index is 11.9. The van der Waals surface area contributed by atoms with Gasteiger partial charge in [0.1, 0.15) is 5.76 Å². The van der Waals surface area contributed by atoms with E-state index < -0.39 is 11.8 Å². The Hall–Kier alpha value is -2.11. The molecule has 6 nitrogen and oxygen atoms in total. The van der Waals surface area contributed by atoms with Crippen LogP contribution in [0.5, 0.6) is 0 Å². The minimum absolute atomic E-state index is 0.221. The van der Waals surface area contributed by atoms with Crippen LogP contribution in [-0.2, 0) is 16.1 Å². The molecule has 0 aliphatic carbocycles. The molecule has 0 N–H and O–H groups in total. The Morgan fingerprint density at radius 3 is 2.53 bits per heavy atom. The SMILES string of the molecule is CCCN1CCN(Cc2ccc(C=O)o2)C(=O)C1=O. The number of carbonyl (C=O) groups excluding carboxylic acids is 3. The van der Waals surface area contributed by atoms with Gasteiger partial charge >= 0.3 is 11.8 Å². The number of aldehydes is 1. The Balaban J connectivity index is 2.00. The summed E-state index contributed by atoms with van der Waals surface area (Å²) in [4.78, 5) is 37.3. The number of amides is 2. The van der Waals surface area contributed by atoms with Crippen LogP contribution in [0.1, 0.15) is 29.7 Å². The van der Waals surface area contributed by atoms with Gasteiger partial charge in [-0.1, -0.05) is 6.92 Å². The van der Waals surface area contributed by atoms with E-state index in [4.69, 9.17) is 4.42 Å². The van der Waals surface area contributed by atoms with Crippen LogP contribution in [0.15, 0.2) is 16.5 Å². The molecule has 19 heavy (non-hydrogen) atoms. The lowest BCUT2D eigenvalue weighted by Gasteiger charge is -2.33. The van der Waals surface area contributed by atoms with E-state index in [9.17, 15) is 14.4 Å². The molecule has 1 fully saturated rings. The second-order valence-electron chi connectivity index (χ2n) is 4.44. The van der Waals surface area contributed by atoms with E-state index in [1.54, 1.807) is 17.0 Å². The fourth-order valence-corrected chi connectivity index (χ4v) is 2.08. The molecule has 1 saturated heterocycles. The summed E-state index contributed by atoms with van der Waals surface area (Å²) in [6, 6.07) is 3.18. The third-order valence-corrected chi connectivity index (χ3v) is 3.04. The van der Waals surface area contributed by atoms with Gasteiger partial charge in [-0.15, -0.1) is 0 Å². The van der Waals surface area contributed by atoms with Gasteiger partial charge in [0, 0.05) is 19.6 Å². The van der Waals surface area contributed by atoms with Crippen molar-refractivity contribution in [3.8, 4) is 0 Å². The highest BCUT2D eigenvalue weighted by atomic mass is 16.3. The van der Waals surface area contributed by atoms with Crippen LogP contribution in [0.2, 0.25) is 0 Å². The highest BCUT2D eigenvalue weighted by Crippen LogP contribution is 2.13. The molecule has 2 heterocycles. The minimum atomic E-state index is -0.510. The zero-order valence-electron chi connectivity index (χ0n) is 10.8. The Kier molecular flexibility index (Phi) is 3.99. The lowest BCUT2D eigenvalue weighted by molar-refractivity contribution is -0.156. The molecule has 1 aliphatic rings. The lowest BCUT2D eigenvalue weighted by Crippen LogP contribution is -2.53. The monoisotopic (exact) mass is 264 g/mol. The highest BCUT2D eigenvalue weighted by Gasteiger charge is 2.32. The van der Waals surface area contributed by atoms with Crippen molar-refractivity contribution in [2.45, 2.75) is 19.9 Å². The highest BCUT2D eigenvalue weighted by molar-refractivity contribution is 6.35. The molecule has 2 amide bonds. The predicted octanol–water partition coefficient (Wildman–Crippen LogP) is 0.673. The molecule has 102 valence electrons. The third kappa shape index (κ3) is 2.83. The Morgan fingerprint density at radius 1 is 1.21 bits per heavy atom. The van der Waals surface area contributed by atoms with E-state index in [1.165, 1.54) is 4.90 Å². The van der Waals surface area contributed by atoms with Gasteiger partial charge in [-0.25, -0.2) is 0 Å². The Morgan fingerprint density at radius 2 is 1.89 bits per heavy atom. The summed E-state index contributed by atoms with van der Waals surface area (Å²) < 4.78 is 5.21. The summed E-state index contributed by atoms with van der Waals surface area (Å²) in [6.45, 7) is 3.82. The molecule has 2 rings (SSSR count). The second kappa shape index (κ2) is 5.69. The summed E-state index contributed by atoms with van der Waals surface area (Å²) >= 11 is 0. The normalized spacial score (nSPS) is 16.1. The molecule has 1 aromatic heterocycles. The van der Waals surface area contributed by atoms with Gasteiger partial charge in [0.25, 0.3) is 0 Å². The van der Waals surface area contributed by atoms with Crippen molar-refractivity contribution in [1.29, 1.82) is 0 Å². The van der Waals surface area contributed by atoms with Crippen molar-refractivity contribution in [2.75, 3.05) is 19.6 Å². The molecular formula is C13H16N2O4. The van der Waals surface area contributed by atoms with Gasteiger partial charge in [0.15, 0.2) is 12.0 Å². The van der Waals surface area contributed by atoms with E-state index in [0.717, 1.165) is 6.42 Å². The summed E-state index contributed by atoms with van der Waals surface area (Å²) in [5.74, 6) is -0.246. The predicted molar refractivity (Wildman–Crippen MR) is 66.4 cm³/mol. The summed E-state index contributed by atoms with van der Waals surface area (Å²) in [5, 5.41) is 0. The van der Waals surface area contributed by atoms with Crippen LogP contribution in [0, 0.1) is 0 Å². The van der Waals surface area contributed by atoms with Gasteiger partial charge < -0.3 is 14.2 Å². The average molecular weight is 264 g/mol. The minimum Gasteiger partial charge on any atom is -0.456 e. The average Bonchev–Trinajstić information content (AvgIpc) is 2.86. The van der Waals surface area contributed by atoms with E-state index in [1.807, 2.05) is 6.92 Å². The van der Waals surface area contributed by atoms with Crippen molar-refractivity contribution in [3.63, 3.8) is 0 Å². The quantitative estimate of drug-likeness (QED) is 0.579. The van der Waals surface area contributed by atoms with E-state index in [0.29, 0.717) is 31.7 Å². The number of rotatable bonds is 5. The topological polar surface area (TPSA) is 70.8 Å². The fraction of sp³-hybridized carbons (Fsp3) is 0.462. The molecule has 0 unspecified atom stereocenters. The largest absolute Gasteiger partial charge is 0.456 e. The van der Waals surface area contributed by atoms with E-state index >= 15 is 0 Å². The van der Waals surface area contributed by atoms with E-state index in [2.05, 4.69) is 0 Å². The third-order valence-electron chi connectivity index (χ3n) is 3.04. The molecule has 0 aromatic carbocycles. The smallest absolute Gasteiger partial charge is 0.312 e. The number of hydrogen-bond donors (Lipinski definition) is 0. The van der Waals surface area contributed by atoms with Gasteiger partial charge in [-0.2, -0.15) is 0 Å². The van der Waals surface area contributed by atoms with Crippen molar-refractivity contribution < 1.29 is 18.8 Å². The number of carbonyl (C=O) groups is 3. The number of furan rings is 1. The summed E-state index contributed by atoms with van der Waals surface area (Å²) in [7, 11) is 0. The molecule has 1 aliphatic heterocycles. The number of piperazine rings is 1. The number of hydrogen-bond acceptors (Lipinski definition) is 4. The first kappa shape index (κ1) is 13.3. The molecule has 1 aromatic rings. The van der Waals surface area contributed by atoms with Crippen LogP contribution in [0.25, 0.3) is 0 Å². The van der Waals surface area contributed by atoms with Gasteiger partial charge in [-0.05, 0) is 18.6 Å². The van der Waals surface area contributed by atoms with Crippen molar-refractivity contribution >= 4 is 18.1 Å². The second-order valence-corrected chi connectivity index (χ2v) is 4.44. The van der Waals surface area contributed by atoms with Crippen LogP contribution >= 0.6 is 0 Å². The van der Waals surface area contributed by atoms with Crippen molar-refractivity contribution in [1.82, 2.24) is 9.80 Å². The standard InChI is InChI=1S/C13H16N2O4/c1-2-5-14-6-7-15(13(18)12(14)17)8-10-3-4-11(9-16)19-10/h3-4,9H,2,5-8H2,1H3. The zero-order chi connectivity index (χ0) is 13.8. The van der Waals surface area contributed by atoms with Crippen LogP contribution in [-0.4, -0.2) is 47.5 Å². The molecule has 0 bridgehead atoms. The molecule has 0 radical (unpaired) electrons. The first-order chi connectivity index (χ1) is 9.15. The van der Waals surface area contributed by atoms with Gasteiger partial charge in [0.05, 0.1) is 6.54 Å². The zero-order valence-corrected chi connectivity index (χ0v) is 10.8. The molecule has 6 heteroatoms. The lowest BCUT2D eigenvalue weighted by atomic mass is 10.2. The molecule has 0 spiro atoms. The van der Waals surface area contributed by atoms with Crippen LogP contribution in [0.4, 0.5) is 0 Å². The number of nitrogens with zero attached hydrogens (tertiary/aromatic N) is 2. The Bertz CT molecular complexity index is 495. The van der Waals surface area contributed by atoms with Gasteiger partial charge in [0.2, 0.25) is 0 Å². The van der Waals surface area contributed by atoms with Gasteiger partial charge in [-0.3, -0.25) is 14.4 Å². The first-order valence-electron chi connectivity index (χ1n) is 6.27. The van der Waals surface area contributed by atoms with Crippen LogP contribution < -0.4 is 0 Å². The van der Waals surface area contributed by atoms with Crippen molar-refractivity contribution in [3.05, 3.63) is 23.7 Å². The van der Waals surface area contributed by atoms with Crippen LogP contribution in [0.3, 0.4) is 0 Å².